The van der Waals surface area contributed by atoms with Crippen LogP contribution >= 0.6 is 0 Å². The lowest BCUT2D eigenvalue weighted by Crippen LogP contribution is -2.47. The monoisotopic (exact) mass is 353 g/mol. The Morgan fingerprint density at radius 1 is 1.27 bits per heavy atom. The minimum Gasteiger partial charge on any atom is -0.497 e. The normalized spacial score (nSPS) is 16.0. The Kier molecular flexibility index (Phi) is 4.67. The SMILES string of the molecule is COc1cccc(/C=C2/Oc3ccc(C)cc3N(C(C)C(=O)O)C2=O)c1. The van der Waals surface area contributed by atoms with E-state index in [0.717, 1.165) is 5.56 Å². The Labute approximate surface area is 151 Å². The second-order valence-electron chi connectivity index (χ2n) is 6.05. The molecule has 0 saturated carbocycles. The predicted octanol–water partition coefficient (Wildman–Crippen LogP) is 3.24. The molecule has 6 heteroatoms. The number of carboxylic acids is 1. The van der Waals surface area contributed by atoms with E-state index in [4.69, 9.17) is 9.47 Å². The maximum absolute atomic E-state index is 12.9. The van der Waals surface area contributed by atoms with E-state index in [-0.39, 0.29) is 5.76 Å². The van der Waals surface area contributed by atoms with Crippen molar-refractivity contribution in [1.29, 1.82) is 0 Å². The lowest BCUT2D eigenvalue weighted by atomic mass is 10.1. The molecule has 1 heterocycles. The molecule has 2 aromatic rings. The first-order chi connectivity index (χ1) is 12.4. The molecule has 1 aliphatic rings. The molecule has 6 nitrogen and oxygen atoms in total. The van der Waals surface area contributed by atoms with Gasteiger partial charge in [-0.05, 0) is 55.3 Å². The summed E-state index contributed by atoms with van der Waals surface area (Å²) in [7, 11) is 1.56. The molecule has 0 saturated heterocycles. The van der Waals surface area contributed by atoms with Crippen LogP contribution in [0.5, 0.6) is 11.5 Å². The molecule has 0 radical (unpaired) electrons. The molecule has 2 aromatic carbocycles. The smallest absolute Gasteiger partial charge is 0.326 e. The van der Waals surface area contributed by atoms with Gasteiger partial charge < -0.3 is 14.6 Å². The van der Waals surface area contributed by atoms with Crippen LogP contribution in [0.3, 0.4) is 0 Å². The average Bonchev–Trinajstić information content (AvgIpc) is 2.62. The van der Waals surface area contributed by atoms with E-state index >= 15 is 0 Å². The van der Waals surface area contributed by atoms with Crippen LogP contribution in [0.15, 0.2) is 48.2 Å². The Morgan fingerprint density at radius 2 is 2.04 bits per heavy atom. The van der Waals surface area contributed by atoms with Crippen LogP contribution in [0.25, 0.3) is 6.08 Å². The first-order valence-corrected chi connectivity index (χ1v) is 8.11. The molecular formula is C20H19NO5. The number of rotatable bonds is 4. The number of anilines is 1. The van der Waals surface area contributed by atoms with Crippen molar-refractivity contribution in [2.75, 3.05) is 12.0 Å². The molecule has 1 aliphatic heterocycles. The highest BCUT2D eigenvalue weighted by atomic mass is 16.5. The molecule has 0 fully saturated rings. The zero-order valence-electron chi connectivity index (χ0n) is 14.7. The Balaban J connectivity index is 2.09. The number of ether oxygens (including phenoxy) is 2. The van der Waals surface area contributed by atoms with Crippen molar-refractivity contribution >= 4 is 23.6 Å². The third-order valence-electron chi connectivity index (χ3n) is 4.16. The third-order valence-corrected chi connectivity index (χ3v) is 4.16. The third kappa shape index (κ3) is 3.26. The molecule has 0 bridgehead atoms. The lowest BCUT2D eigenvalue weighted by Gasteiger charge is -2.33. The van der Waals surface area contributed by atoms with Crippen LogP contribution < -0.4 is 14.4 Å². The van der Waals surface area contributed by atoms with Gasteiger partial charge in [0.25, 0.3) is 5.91 Å². The molecular weight excluding hydrogens is 334 g/mol. The van der Waals surface area contributed by atoms with Crippen molar-refractivity contribution < 1.29 is 24.2 Å². The Hall–Kier alpha value is -3.28. The van der Waals surface area contributed by atoms with Crippen molar-refractivity contribution in [2.45, 2.75) is 19.9 Å². The molecule has 0 spiro atoms. The average molecular weight is 353 g/mol. The number of aliphatic carboxylic acids is 1. The van der Waals surface area contributed by atoms with Crippen LogP contribution in [0.1, 0.15) is 18.1 Å². The summed E-state index contributed by atoms with van der Waals surface area (Å²) in [5, 5.41) is 9.42. The van der Waals surface area contributed by atoms with E-state index in [9.17, 15) is 14.7 Å². The van der Waals surface area contributed by atoms with Gasteiger partial charge in [0.05, 0.1) is 12.8 Å². The number of aryl methyl sites for hydroxylation is 1. The van der Waals surface area contributed by atoms with Gasteiger partial charge in [0.15, 0.2) is 11.5 Å². The van der Waals surface area contributed by atoms with E-state index in [1.807, 2.05) is 19.1 Å². The van der Waals surface area contributed by atoms with Crippen molar-refractivity contribution in [3.63, 3.8) is 0 Å². The minimum atomic E-state index is -1.09. The number of fused-ring (bicyclic) bond motifs is 1. The van der Waals surface area contributed by atoms with E-state index in [1.54, 1.807) is 43.5 Å². The van der Waals surface area contributed by atoms with E-state index < -0.39 is 17.9 Å². The summed E-state index contributed by atoms with van der Waals surface area (Å²) in [6.07, 6.45) is 1.58. The fourth-order valence-electron chi connectivity index (χ4n) is 2.76. The molecule has 1 atom stereocenters. The predicted molar refractivity (Wildman–Crippen MR) is 97.4 cm³/mol. The van der Waals surface area contributed by atoms with Gasteiger partial charge >= 0.3 is 5.97 Å². The van der Waals surface area contributed by atoms with Crippen molar-refractivity contribution in [1.82, 2.24) is 0 Å². The summed E-state index contributed by atoms with van der Waals surface area (Å²) in [6, 6.07) is 11.5. The van der Waals surface area contributed by atoms with Crippen molar-refractivity contribution in [2.24, 2.45) is 0 Å². The quantitative estimate of drug-likeness (QED) is 0.854. The van der Waals surface area contributed by atoms with E-state index in [1.165, 1.54) is 11.8 Å². The molecule has 1 unspecified atom stereocenters. The number of hydrogen-bond donors (Lipinski definition) is 1. The van der Waals surface area contributed by atoms with E-state index in [0.29, 0.717) is 22.7 Å². The number of hydrogen-bond acceptors (Lipinski definition) is 4. The van der Waals surface area contributed by atoms with Gasteiger partial charge in [0.1, 0.15) is 11.8 Å². The molecule has 0 aromatic heterocycles. The molecule has 1 N–H and O–H groups in total. The fraction of sp³-hybridized carbons (Fsp3) is 0.200. The maximum Gasteiger partial charge on any atom is 0.326 e. The molecule has 3 rings (SSSR count). The largest absolute Gasteiger partial charge is 0.497 e. The zero-order valence-corrected chi connectivity index (χ0v) is 14.7. The second kappa shape index (κ2) is 6.92. The summed E-state index contributed by atoms with van der Waals surface area (Å²) in [5.41, 5.74) is 2.07. The van der Waals surface area contributed by atoms with Gasteiger partial charge in [-0.1, -0.05) is 18.2 Å². The van der Waals surface area contributed by atoms with Crippen LogP contribution in [0.4, 0.5) is 5.69 Å². The molecule has 0 aliphatic carbocycles. The lowest BCUT2D eigenvalue weighted by molar-refractivity contribution is -0.139. The van der Waals surface area contributed by atoms with E-state index in [2.05, 4.69) is 0 Å². The summed E-state index contributed by atoms with van der Waals surface area (Å²) in [5.74, 6) is -0.441. The van der Waals surface area contributed by atoms with Crippen LogP contribution in [0.2, 0.25) is 0 Å². The highest BCUT2D eigenvalue weighted by Gasteiger charge is 2.36. The summed E-state index contributed by atoms with van der Waals surface area (Å²) >= 11 is 0. The van der Waals surface area contributed by atoms with Gasteiger partial charge in [0, 0.05) is 0 Å². The number of carbonyl (C=O) groups excluding carboxylic acids is 1. The van der Waals surface area contributed by atoms with Crippen LogP contribution in [0, 0.1) is 6.92 Å². The summed E-state index contributed by atoms with van der Waals surface area (Å²) in [4.78, 5) is 25.7. The maximum atomic E-state index is 12.9. The Morgan fingerprint density at radius 3 is 2.73 bits per heavy atom. The summed E-state index contributed by atoms with van der Waals surface area (Å²) < 4.78 is 11.0. The summed E-state index contributed by atoms with van der Waals surface area (Å²) in [6.45, 7) is 3.34. The number of amides is 1. The van der Waals surface area contributed by atoms with Crippen molar-refractivity contribution in [3.05, 3.63) is 59.4 Å². The molecule has 1 amide bonds. The van der Waals surface area contributed by atoms with Gasteiger partial charge in [0.2, 0.25) is 0 Å². The van der Waals surface area contributed by atoms with Crippen molar-refractivity contribution in [3.8, 4) is 11.5 Å². The second-order valence-corrected chi connectivity index (χ2v) is 6.05. The van der Waals surface area contributed by atoms with Crippen LogP contribution in [-0.2, 0) is 9.59 Å². The number of nitrogens with zero attached hydrogens (tertiary/aromatic N) is 1. The van der Waals surface area contributed by atoms with Gasteiger partial charge in [-0.15, -0.1) is 0 Å². The molecule has 134 valence electrons. The van der Waals surface area contributed by atoms with Gasteiger partial charge in [-0.2, -0.15) is 0 Å². The topological polar surface area (TPSA) is 76.1 Å². The fourth-order valence-corrected chi connectivity index (χ4v) is 2.76. The Bertz CT molecular complexity index is 903. The highest BCUT2D eigenvalue weighted by molar-refractivity contribution is 6.12. The zero-order chi connectivity index (χ0) is 18.8. The molecule has 26 heavy (non-hydrogen) atoms. The highest BCUT2D eigenvalue weighted by Crippen LogP contribution is 2.38. The van der Waals surface area contributed by atoms with Crippen LogP contribution in [-0.4, -0.2) is 30.1 Å². The number of methoxy groups -OCH3 is 1. The van der Waals surface area contributed by atoms with Gasteiger partial charge in [-0.3, -0.25) is 9.69 Å². The van der Waals surface area contributed by atoms with Gasteiger partial charge in [-0.25, -0.2) is 4.79 Å². The minimum absolute atomic E-state index is 0.0581. The standard InChI is InChI=1S/C20H19NO5/c1-12-7-8-17-16(9-12)21(13(2)20(23)24)19(22)18(26-17)11-14-5-4-6-15(10-14)25-3/h4-11,13H,1-3H3,(H,23,24)/b18-11+. The number of benzene rings is 2. The first kappa shape index (κ1) is 17.5. The number of carbonyl (C=O) groups is 2. The number of carboxylic acid groups (broad SMARTS) is 1. The first-order valence-electron chi connectivity index (χ1n) is 8.11.